The van der Waals surface area contributed by atoms with Crippen molar-refractivity contribution in [2.45, 2.75) is 45.6 Å². The molecule has 0 bridgehead atoms. The van der Waals surface area contributed by atoms with E-state index in [2.05, 4.69) is 31.1 Å². The Bertz CT molecular complexity index is 620. The Balaban J connectivity index is 2.03. The van der Waals surface area contributed by atoms with E-state index >= 15 is 0 Å². The van der Waals surface area contributed by atoms with Crippen LogP contribution < -0.4 is 0 Å². The van der Waals surface area contributed by atoms with E-state index in [1.807, 2.05) is 30.3 Å². The van der Waals surface area contributed by atoms with Gasteiger partial charge in [0, 0.05) is 0 Å². The van der Waals surface area contributed by atoms with Crippen molar-refractivity contribution < 1.29 is 5.11 Å². The van der Waals surface area contributed by atoms with Gasteiger partial charge in [-0.25, -0.2) is 4.68 Å². The van der Waals surface area contributed by atoms with E-state index in [1.165, 1.54) is 0 Å². The van der Waals surface area contributed by atoms with Crippen LogP contribution in [0.5, 0.6) is 0 Å². The minimum Gasteiger partial charge on any atom is -0.383 e. The van der Waals surface area contributed by atoms with Crippen LogP contribution in [0, 0.1) is 11.3 Å². The Morgan fingerprint density at radius 2 is 1.90 bits per heavy atom. The van der Waals surface area contributed by atoms with Gasteiger partial charge in [0.1, 0.15) is 5.60 Å². The van der Waals surface area contributed by atoms with E-state index in [1.54, 1.807) is 10.9 Å². The lowest BCUT2D eigenvalue weighted by Gasteiger charge is -2.44. The highest BCUT2D eigenvalue weighted by molar-refractivity contribution is 5.33. The first kappa shape index (κ1) is 14.3. The summed E-state index contributed by atoms with van der Waals surface area (Å²) >= 11 is 0. The molecule has 1 N–H and O–H groups in total. The van der Waals surface area contributed by atoms with Crippen LogP contribution in [0.15, 0.2) is 36.5 Å². The topological polar surface area (TPSA) is 50.9 Å². The van der Waals surface area contributed by atoms with Crippen molar-refractivity contribution >= 4 is 0 Å². The van der Waals surface area contributed by atoms with Gasteiger partial charge in [-0.3, -0.25) is 0 Å². The average molecular weight is 285 g/mol. The Morgan fingerprint density at radius 1 is 1.19 bits per heavy atom. The van der Waals surface area contributed by atoms with E-state index in [9.17, 15) is 5.11 Å². The molecule has 0 saturated heterocycles. The molecular formula is C17H23N3O. The van der Waals surface area contributed by atoms with Crippen LogP contribution in [0.2, 0.25) is 0 Å². The molecule has 1 saturated carbocycles. The summed E-state index contributed by atoms with van der Waals surface area (Å²) in [6.45, 7) is 6.66. The summed E-state index contributed by atoms with van der Waals surface area (Å²) in [7, 11) is 0. The Morgan fingerprint density at radius 3 is 2.57 bits per heavy atom. The van der Waals surface area contributed by atoms with E-state index in [-0.39, 0.29) is 5.41 Å². The van der Waals surface area contributed by atoms with E-state index in [0.717, 1.165) is 30.6 Å². The Hall–Kier alpha value is -1.68. The second-order valence-corrected chi connectivity index (χ2v) is 7.25. The highest BCUT2D eigenvalue weighted by atomic mass is 16.3. The summed E-state index contributed by atoms with van der Waals surface area (Å²) in [4.78, 5) is 0. The fourth-order valence-corrected chi connectivity index (χ4v) is 4.04. The number of aromatic nitrogens is 3. The van der Waals surface area contributed by atoms with Crippen molar-refractivity contribution in [3.05, 3.63) is 42.2 Å². The minimum atomic E-state index is -0.861. The van der Waals surface area contributed by atoms with Gasteiger partial charge in [-0.15, -0.1) is 5.10 Å². The largest absolute Gasteiger partial charge is 0.383 e. The highest BCUT2D eigenvalue weighted by Gasteiger charge is 2.44. The third-order valence-corrected chi connectivity index (χ3v) is 4.39. The lowest BCUT2D eigenvalue weighted by atomic mass is 9.65. The molecule has 1 aromatic heterocycles. The molecule has 2 aromatic rings. The number of para-hydroxylation sites is 1. The molecule has 2 unspecified atom stereocenters. The Kier molecular flexibility index (Phi) is 3.36. The first-order valence-corrected chi connectivity index (χ1v) is 7.59. The summed E-state index contributed by atoms with van der Waals surface area (Å²) < 4.78 is 1.77. The van der Waals surface area contributed by atoms with Gasteiger partial charge in [0.2, 0.25) is 0 Å². The number of benzene rings is 1. The van der Waals surface area contributed by atoms with E-state index in [0.29, 0.717) is 5.92 Å². The summed E-state index contributed by atoms with van der Waals surface area (Å²) in [5.74, 6) is 0.484. The zero-order valence-corrected chi connectivity index (χ0v) is 13.0. The molecular weight excluding hydrogens is 262 g/mol. The molecule has 1 aliphatic rings. The van der Waals surface area contributed by atoms with Gasteiger partial charge in [0.15, 0.2) is 0 Å². The summed E-state index contributed by atoms with van der Waals surface area (Å²) in [6, 6.07) is 9.88. The number of hydrogen-bond donors (Lipinski definition) is 1. The molecule has 3 rings (SSSR count). The molecule has 0 radical (unpaired) electrons. The second kappa shape index (κ2) is 4.95. The van der Waals surface area contributed by atoms with Gasteiger partial charge in [0.25, 0.3) is 0 Å². The smallest absolute Gasteiger partial charge is 0.109 e. The molecule has 4 nitrogen and oxygen atoms in total. The van der Waals surface area contributed by atoms with Crippen molar-refractivity contribution in [2.24, 2.45) is 11.3 Å². The molecule has 21 heavy (non-hydrogen) atoms. The molecule has 4 heteroatoms. The van der Waals surface area contributed by atoms with Crippen LogP contribution in [0.25, 0.3) is 5.69 Å². The molecule has 1 heterocycles. The van der Waals surface area contributed by atoms with E-state index in [4.69, 9.17) is 0 Å². The average Bonchev–Trinajstić information content (AvgIpc) is 2.86. The fraction of sp³-hybridized carbons (Fsp3) is 0.529. The van der Waals surface area contributed by atoms with Crippen molar-refractivity contribution in [3.63, 3.8) is 0 Å². The summed E-state index contributed by atoms with van der Waals surface area (Å²) in [6.07, 6.45) is 4.35. The van der Waals surface area contributed by atoms with Crippen molar-refractivity contribution in [2.75, 3.05) is 0 Å². The van der Waals surface area contributed by atoms with Crippen LogP contribution in [-0.2, 0) is 5.60 Å². The first-order valence-electron chi connectivity index (χ1n) is 7.59. The molecule has 2 atom stereocenters. The zero-order chi connectivity index (χ0) is 15.1. The molecule has 1 fully saturated rings. The number of rotatable bonds is 2. The summed E-state index contributed by atoms with van der Waals surface area (Å²) in [5, 5.41) is 19.5. The maximum absolute atomic E-state index is 11.3. The normalized spacial score (nSPS) is 28.5. The molecule has 112 valence electrons. The van der Waals surface area contributed by atoms with Gasteiger partial charge in [-0.1, -0.05) is 44.2 Å². The van der Waals surface area contributed by atoms with Gasteiger partial charge < -0.3 is 5.11 Å². The maximum atomic E-state index is 11.3. The van der Waals surface area contributed by atoms with Gasteiger partial charge in [-0.05, 0) is 42.7 Å². The van der Waals surface area contributed by atoms with Crippen molar-refractivity contribution in [1.82, 2.24) is 15.0 Å². The third kappa shape index (κ3) is 2.72. The lowest BCUT2D eigenvalue weighted by Crippen LogP contribution is -2.41. The van der Waals surface area contributed by atoms with E-state index < -0.39 is 5.60 Å². The number of hydrogen-bond acceptors (Lipinski definition) is 3. The van der Waals surface area contributed by atoms with Crippen molar-refractivity contribution in [1.29, 1.82) is 0 Å². The monoisotopic (exact) mass is 285 g/mol. The SMILES string of the molecule is CC1CC(C)(C)CC(O)(c2cnnn2-c2ccccc2)C1. The predicted octanol–water partition coefficient (Wildman–Crippen LogP) is 3.30. The zero-order valence-electron chi connectivity index (χ0n) is 13.0. The van der Waals surface area contributed by atoms with Crippen LogP contribution in [-0.4, -0.2) is 20.1 Å². The first-order chi connectivity index (χ1) is 9.90. The number of aliphatic hydroxyl groups is 1. The van der Waals surface area contributed by atoms with Gasteiger partial charge >= 0.3 is 0 Å². The van der Waals surface area contributed by atoms with Crippen molar-refractivity contribution in [3.8, 4) is 5.69 Å². The fourth-order valence-electron chi connectivity index (χ4n) is 4.04. The van der Waals surface area contributed by atoms with Crippen LogP contribution in [0.3, 0.4) is 0 Å². The van der Waals surface area contributed by atoms with Crippen LogP contribution in [0.1, 0.15) is 45.7 Å². The second-order valence-electron chi connectivity index (χ2n) is 7.25. The molecule has 1 aromatic carbocycles. The standard InChI is InChI=1S/C17H23N3O/c1-13-9-16(2,3)12-17(21,10-13)15-11-18-19-20(15)14-7-5-4-6-8-14/h4-8,11,13,21H,9-10,12H2,1-3H3. The highest BCUT2D eigenvalue weighted by Crippen LogP contribution is 2.48. The van der Waals surface area contributed by atoms with Crippen LogP contribution in [0.4, 0.5) is 0 Å². The predicted molar refractivity (Wildman–Crippen MR) is 82.1 cm³/mol. The maximum Gasteiger partial charge on any atom is 0.109 e. The van der Waals surface area contributed by atoms with Crippen LogP contribution >= 0.6 is 0 Å². The minimum absolute atomic E-state index is 0.123. The molecule has 0 aliphatic heterocycles. The van der Waals surface area contributed by atoms with Gasteiger partial charge in [0.05, 0.1) is 17.6 Å². The molecule has 1 aliphatic carbocycles. The molecule has 0 amide bonds. The third-order valence-electron chi connectivity index (χ3n) is 4.39. The van der Waals surface area contributed by atoms with Gasteiger partial charge in [-0.2, -0.15) is 0 Å². The lowest BCUT2D eigenvalue weighted by molar-refractivity contribution is -0.0681. The molecule has 0 spiro atoms. The summed E-state index contributed by atoms with van der Waals surface area (Å²) in [5.41, 5.74) is 1.00. The number of nitrogens with zero attached hydrogens (tertiary/aromatic N) is 3. The quantitative estimate of drug-likeness (QED) is 0.921. The Labute approximate surface area is 125 Å².